The molecular formula is C13H15N5O2. The lowest BCUT2D eigenvalue weighted by molar-refractivity contribution is -0.384. The second kappa shape index (κ2) is 6.07. The van der Waals surface area contributed by atoms with Gasteiger partial charge in [0.2, 0.25) is 0 Å². The minimum atomic E-state index is -0.422. The van der Waals surface area contributed by atoms with Crippen LogP contribution in [0.25, 0.3) is 0 Å². The molecule has 0 aliphatic heterocycles. The molecule has 0 radical (unpaired) electrons. The van der Waals surface area contributed by atoms with Gasteiger partial charge >= 0.3 is 0 Å². The van der Waals surface area contributed by atoms with Crippen LogP contribution in [0.15, 0.2) is 36.7 Å². The van der Waals surface area contributed by atoms with E-state index in [9.17, 15) is 10.1 Å². The molecule has 1 aromatic heterocycles. The Morgan fingerprint density at radius 1 is 1.20 bits per heavy atom. The molecule has 2 rings (SSSR count). The van der Waals surface area contributed by atoms with Crippen molar-refractivity contribution in [1.29, 1.82) is 0 Å². The standard InChI is InChI=1S/C13H15N5O2/c1-17(10-2-4-11(5-3-10)18(19)20)12-8-15-13(6-7-14)16-9-12/h2-5,8-9H,6-7,14H2,1H3. The number of hydrogen-bond acceptors (Lipinski definition) is 6. The average Bonchev–Trinajstić information content (AvgIpc) is 2.48. The van der Waals surface area contributed by atoms with Crippen molar-refractivity contribution in [3.8, 4) is 0 Å². The predicted molar refractivity (Wildman–Crippen MR) is 75.9 cm³/mol. The maximum atomic E-state index is 10.6. The zero-order valence-corrected chi connectivity index (χ0v) is 11.1. The molecule has 7 nitrogen and oxygen atoms in total. The molecule has 0 unspecified atom stereocenters. The zero-order valence-electron chi connectivity index (χ0n) is 11.1. The molecule has 0 amide bonds. The molecule has 0 bridgehead atoms. The molecular weight excluding hydrogens is 258 g/mol. The minimum absolute atomic E-state index is 0.0664. The van der Waals surface area contributed by atoms with E-state index in [1.54, 1.807) is 24.5 Å². The second-order valence-electron chi connectivity index (χ2n) is 4.23. The average molecular weight is 273 g/mol. The molecule has 0 atom stereocenters. The SMILES string of the molecule is CN(c1ccc([N+](=O)[O-])cc1)c1cnc(CCN)nc1. The van der Waals surface area contributed by atoms with Crippen LogP contribution in [0.3, 0.4) is 0 Å². The van der Waals surface area contributed by atoms with Gasteiger partial charge in [0, 0.05) is 31.3 Å². The first-order valence-corrected chi connectivity index (χ1v) is 6.11. The number of hydrogen-bond donors (Lipinski definition) is 1. The molecule has 0 aliphatic rings. The van der Waals surface area contributed by atoms with Gasteiger partial charge in [-0.15, -0.1) is 0 Å². The van der Waals surface area contributed by atoms with Gasteiger partial charge in [-0.3, -0.25) is 10.1 Å². The molecule has 1 aromatic carbocycles. The van der Waals surface area contributed by atoms with Crippen LogP contribution in [-0.2, 0) is 6.42 Å². The monoisotopic (exact) mass is 273 g/mol. The molecule has 0 fully saturated rings. The maximum Gasteiger partial charge on any atom is 0.269 e. The van der Waals surface area contributed by atoms with Crippen LogP contribution >= 0.6 is 0 Å². The summed E-state index contributed by atoms with van der Waals surface area (Å²) < 4.78 is 0. The molecule has 2 aromatic rings. The van der Waals surface area contributed by atoms with Crippen molar-refractivity contribution in [3.05, 3.63) is 52.6 Å². The minimum Gasteiger partial charge on any atom is -0.342 e. The lowest BCUT2D eigenvalue weighted by Gasteiger charge is -2.18. The smallest absolute Gasteiger partial charge is 0.269 e. The van der Waals surface area contributed by atoms with Gasteiger partial charge in [0.25, 0.3) is 5.69 Å². The summed E-state index contributed by atoms with van der Waals surface area (Å²) in [6, 6.07) is 6.31. The maximum absolute atomic E-state index is 10.6. The van der Waals surface area contributed by atoms with Gasteiger partial charge in [0.05, 0.1) is 23.0 Å². The number of anilines is 2. The Balaban J connectivity index is 2.17. The van der Waals surface area contributed by atoms with E-state index in [1.165, 1.54) is 12.1 Å². The van der Waals surface area contributed by atoms with Gasteiger partial charge in [-0.25, -0.2) is 9.97 Å². The number of non-ortho nitro benzene ring substituents is 1. The van der Waals surface area contributed by atoms with Crippen molar-refractivity contribution in [2.24, 2.45) is 5.73 Å². The van der Waals surface area contributed by atoms with Crippen LogP contribution in [0.4, 0.5) is 17.1 Å². The van der Waals surface area contributed by atoms with Gasteiger partial charge in [-0.05, 0) is 18.7 Å². The van der Waals surface area contributed by atoms with Crippen molar-refractivity contribution in [2.45, 2.75) is 6.42 Å². The molecule has 0 spiro atoms. The summed E-state index contributed by atoms with van der Waals surface area (Å²) in [5, 5.41) is 10.6. The highest BCUT2D eigenvalue weighted by Crippen LogP contribution is 2.24. The van der Waals surface area contributed by atoms with Gasteiger partial charge in [-0.1, -0.05) is 0 Å². The van der Waals surface area contributed by atoms with E-state index < -0.39 is 4.92 Å². The normalized spacial score (nSPS) is 10.3. The van der Waals surface area contributed by atoms with Crippen molar-refractivity contribution in [1.82, 2.24) is 9.97 Å². The summed E-state index contributed by atoms with van der Waals surface area (Å²) in [6.07, 6.45) is 4.06. The first-order chi connectivity index (χ1) is 9.61. The van der Waals surface area contributed by atoms with E-state index in [-0.39, 0.29) is 5.69 Å². The Morgan fingerprint density at radius 3 is 2.30 bits per heavy atom. The highest BCUT2D eigenvalue weighted by atomic mass is 16.6. The lowest BCUT2D eigenvalue weighted by Crippen LogP contribution is -2.12. The number of aromatic nitrogens is 2. The zero-order chi connectivity index (χ0) is 14.5. The Hall–Kier alpha value is -2.54. The fourth-order valence-electron chi connectivity index (χ4n) is 1.73. The predicted octanol–water partition coefficient (Wildman–Crippen LogP) is 1.65. The summed E-state index contributed by atoms with van der Waals surface area (Å²) >= 11 is 0. The number of nitrogens with two attached hydrogens (primary N) is 1. The Kier molecular flexibility index (Phi) is 4.21. The van der Waals surface area contributed by atoms with Gasteiger partial charge in [-0.2, -0.15) is 0 Å². The van der Waals surface area contributed by atoms with E-state index in [2.05, 4.69) is 9.97 Å². The van der Waals surface area contributed by atoms with Crippen molar-refractivity contribution in [2.75, 3.05) is 18.5 Å². The highest BCUT2D eigenvalue weighted by Gasteiger charge is 2.08. The third kappa shape index (κ3) is 3.07. The number of rotatable bonds is 5. The number of nitrogens with zero attached hydrogens (tertiary/aromatic N) is 4. The van der Waals surface area contributed by atoms with Crippen LogP contribution in [-0.4, -0.2) is 28.5 Å². The molecule has 0 saturated heterocycles. The van der Waals surface area contributed by atoms with Crippen molar-refractivity contribution in [3.63, 3.8) is 0 Å². The first kappa shape index (κ1) is 13.9. The summed E-state index contributed by atoms with van der Waals surface area (Å²) in [6.45, 7) is 0.511. The summed E-state index contributed by atoms with van der Waals surface area (Å²) in [7, 11) is 1.85. The van der Waals surface area contributed by atoms with Crippen molar-refractivity contribution < 1.29 is 4.92 Å². The molecule has 20 heavy (non-hydrogen) atoms. The van der Waals surface area contributed by atoms with Crippen LogP contribution in [0.5, 0.6) is 0 Å². The second-order valence-corrected chi connectivity index (χ2v) is 4.23. The molecule has 0 saturated carbocycles. The molecule has 7 heteroatoms. The number of nitro benzene ring substituents is 1. The van der Waals surface area contributed by atoms with E-state index in [0.717, 1.165) is 11.4 Å². The van der Waals surface area contributed by atoms with E-state index in [0.29, 0.717) is 18.8 Å². The van der Waals surface area contributed by atoms with E-state index in [1.807, 2.05) is 11.9 Å². The van der Waals surface area contributed by atoms with Crippen molar-refractivity contribution >= 4 is 17.1 Å². The largest absolute Gasteiger partial charge is 0.342 e. The summed E-state index contributed by atoms with van der Waals surface area (Å²) in [4.78, 5) is 20.5. The number of nitro groups is 1. The first-order valence-electron chi connectivity index (χ1n) is 6.11. The Morgan fingerprint density at radius 2 is 1.80 bits per heavy atom. The molecule has 1 heterocycles. The fraction of sp³-hybridized carbons (Fsp3) is 0.231. The Labute approximate surface area is 116 Å². The third-order valence-corrected chi connectivity index (χ3v) is 2.89. The van der Waals surface area contributed by atoms with Crippen LogP contribution < -0.4 is 10.6 Å². The fourth-order valence-corrected chi connectivity index (χ4v) is 1.73. The van der Waals surface area contributed by atoms with Gasteiger partial charge < -0.3 is 10.6 Å². The Bertz CT molecular complexity index is 583. The molecule has 0 aliphatic carbocycles. The topological polar surface area (TPSA) is 98.2 Å². The van der Waals surface area contributed by atoms with Crippen LogP contribution in [0, 0.1) is 10.1 Å². The number of benzene rings is 1. The molecule has 2 N–H and O–H groups in total. The van der Waals surface area contributed by atoms with Gasteiger partial charge in [0.15, 0.2) is 0 Å². The van der Waals surface area contributed by atoms with Crippen LogP contribution in [0.1, 0.15) is 5.82 Å². The molecule has 104 valence electrons. The van der Waals surface area contributed by atoms with Gasteiger partial charge in [0.1, 0.15) is 5.82 Å². The quantitative estimate of drug-likeness (QED) is 0.657. The summed E-state index contributed by atoms with van der Waals surface area (Å²) in [5.74, 6) is 0.702. The third-order valence-electron chi connectivity index (χ3n) is 2.89. The van der Waals surface area contributed by atoms with E-state index in [4.69, 9.17) is 5.73 Å². The van der Waals surface area contributed by atoms with E-state index >= 15 is 0 Å². The lowest BCUT2D eigenvalue weighted by atomic mass is 10.2. The summed E-state index contributed by atoms with van der Waals surface area (Å²) in [5.41, 5.74) is 7.14. The highest BCUT2D eigenvalue weighted by molar-refractivity contribution is 5.62. The van der Waals surface area contributed by atoms with Crippen LogP contribution in [0.2, 0.25) is 0 Å².